The van der Waals surface area contributed by atoms with Gasteiger partial charge in [0, 0.05) is 17.2 Å². The molecule has 154 valence electrons. The molecule has 8 heteroatoms. The number of ether oxygens (including phenoxy) is 2. The molecule has 1 amide bonds. The van der Waals surface area contributed by atoms with Crippen molar-refractivity contribution >= 4 is 5.91 Å². The van der Waals surface area contributed by atoms with Crippen LogP contribution >= 0.6 is 0 Å². The molecule has 5 rings (SSSR count). The molecule has 0 bridgehead atoms. The number of hydrogen-bond donors (Lipinski definition) is 1. The van der Waals surface area contributed by atoms with E-state index in [9.17, 15) is 4.79 Å². The maximum Gasteiger partial charge on any atom is 0.251 e. The molecule has 30 heavy (non-hydrogen) atoms. The van der Waals surface area contributed by atoms with Crippen LogP contribution in [0.25, 0.3) is 11.4 Å². The summed E-state index contributed by atoms with van der Waals surface area (Å²) >= 11 is 0. The predicted molar refractivity (Wildman–Crippen MR) is 109 cm³/mol. The van der Waals surface area contributed by atoms with Crippen molar-refractivity contribution < 1.29 is 14.3 Å². The highest BCUT2D eigenvalue weighted by molar-refractivity contribution is 5.95. The minimum absolute atomic E-state index is 0.0827. The molecule has 2 heterocycles. The Morgan fingerprint density at radius 3 is 2.53 bits per heavy atom. The number of nitrogens with one attached hydrogen (secondary N) is 1. The first-order valence-corrected chi connectivity index (χ1v) is 10.3. The maximum absolute atomic E-state index is 12.7. The summed E-state index contributed by atoms with van der Waals surface area (Å²) in [5.41, 5.74) is 1.55. The minimum Gasteiger partial charge on any atom is -0.486 e. The van der Waals surface area contributed by atoms with Gasteiger partial charge in [-0.1, -0.05) is 30.3 Å². The molecular formula is C22H23N5O3. The lowest BCUT2D eigenvalue weighted by Gasteiger charge is -2.28. The van der Waals surface area contributed by atoms with Gasteiger partial charge in [0.05, 0.1) is 6.04 Å². The molecule has 2 aromatic carbocycles. The van der Waals surface area contributed by atoms with E-state index in [0.717, 1.165) is 31.2 Å². The van der Waals surface area contributed by atoms with Gasteiger partial charge in [-0.2, -0.15) is 4.80 Å². The first kappa shape index (κ1) is 18.6. The average molecular weight is 405 g/mol. The summed E-state index contributed by atoms with van der Waals surface area (Å²) in [5.74, 6) is 1.88. The summed E-state index contributed by atoms with van der Waals surface area (Å²) in [7, 11) is 0. The largest absolute Gasteiger partial charge is 0.486 e. The van der Waals surface area contributed by atoms with Crippen LogP contribution in [-0.2, 0) is 0 Å². The fourth-order valence-corrected chi connectivity index (χ4v) is 3.99. The topological polar surface area (TPSA) is 91.2 Å². The normalized spacial score (nSPS) is 20.5. The van der Waals surface area contributed by atoms with Gasteiger partial charge in [0.15, 0.2) is 11.5 Å². The summed E-state index contributed by atoms with van der Waals surface area (Å²) < 4.78 is 11.1. The number of carbonyl (C=O) groups excluding carboxylic acids is 1. The number of benzene rings is 2. The zero-order valence-electron chi connectivity index (χ0n) is 16.5. The molecule has 1 aliphatic carbocycles. The van der Waals surface area contributed by atoms with Gasteiger partial charge >= 0.3 is 0 Å². The van der Waals surface area contributed by atoms with Gasteiger partial charge in [-0.25, -0.2) is 0 Å². The molecule has 1 aromatic heterocycles. The molecule has 0 radical (unpaired) electrons. The molecule has 2 aliphatic rings. The summed E-state index contributed by atoms with van der Waals surface area (Å²) in [6, 6.07) is 15.5. The van der Waals surface area contributed by atoms with Gasteiger partial charge in [0.25, 0.3) is 5.91 Å². The second-order valence-corrected chi connectivity index (χ2v) is 7.64. The van der Waals surface area contributed by atoms with Crippen LogP contribution in [0.15, 0.2) is 48.5 Å². The highest BCUT2D eigenvalue weighted by Crippen LogP contribution is 2.31. The zero-order chi connectivity index (χ0) is 20.3. The van der Waals surface area contributed by atoms with E-state index in [1.54, 1.807) is 23.0 Å². The van der Waals surface area contributed by atoms with Crippen molar-refractivity contribution in [2.75, 3.05) is 13.2 Å². The van der Waals surface area contributed by atoms with Gasteiger partial charge in [-0.15, -0.1) is 10.2 Å². The summed E-state index contributed by atoms with van der Waals surface area (Å²) in [4.78, 5) is 14.4. The van der Waals surface area contributed by atoms with Crippen molar-refractivity contribution in [2.45, 2.75) is 37.8 Å². The zero-order valence-corrected chi connectivity index (χ0v) is 16.5. The average Bonchev–Trinajstić information content (AvgIpc) is 3.30. The van der Waals surface area contributed by atoms with Crippen molar-refractivity contribution in [3.63, 3.8) is 0 Å². The molecule has 8 nitrogen and oxygen atoms in total. The maximum atomic E-state index is 12.7. The molecule has 3 aromatic rings. The monoisotopic (exact) mass is 405 g/mol. The molecule has 0 atom stereocenters. The van der Waals surface area contributed by atoms with Gasteiger partial charge in [-0.05, 0) is 49.1 Å². The van der Waals surface area contributed by atoms with E-state index >= 15 is 0 Å². The van der Waals surface area contributed by atoms with Crippen LogP contribution in [0, 0.1) is 0 Å². The smallest absolute Gasteiger partial charge is 0.251 e. The Morgan fingerprint density at radius 1 is 0.967 bits per heavy atom. The number of fused-ring (bicyclic) bond motifs is 1. The SMILES string of the molecule is O=C(NC1CCC(n2nnc(-c3ccccc3)n2)CC1)c1ccc2c(c1)OCCO2. The Bertz CT molecular complexity index is 1030. The molecule has 1 saturated carbocycles. The quantitative estimate of drug-likeness (QED) is 0.717. The van der Waals surface area contributed by atoms with Crippen LogP contribution in [0.2, 0.25) is 0 Å². The Hall–Kier alpha value is -3.42. The fraction of sp³-hybridized carbons (Fsp3) is 0.364. The van der Waals surface area contributed by atoms with Crippen LogP contribution in [0.4, 0.5) is 0 Å². The number of tetrazole rings is 1. The standard InChI is InChI=1S/C22H23N5O3/c28-22(16-6-11-19-20(14-16)30-13-12-29-19)23-17-7-9-18(10-8-17)27-25-21(24-26-27)15-4-2-1-3-5-15/h1-6,11,14,17-18H,7-10,12-13H2,(H,23,28). The van der Waals surface area contributed by atoms with Crippen molar-refractivity contribution in [3.8, 4) is 22.9 Å². The first-order chi connectivity index (χ1) is 14.8. The number of rotatable bonds is 4. The van der Waals surface area contributed by atoms with Crippen molar-refractivity contribution in [1.29, 1.82) is 0 Å². The third kappa shape index (κ3) is 3.85. The Balaban J connectivity index is 1.17. The van der Waals surface area contributed by atoms with E-state index in [1.807, 2.05) is 30.3 Å². The number of carbonyl (C=O) groups is 1. The summed E-state index contributed by atoms with van der Waals surface area (Å²) in [6.45, 7) is 1.04. The Labute approximate surface area is 174 Å². The van der Waals surface area contributed by atoms with Gasteiger partial charge in [0.2, 0.25) is 5.82 Å². The summed E-state index contributed by atoms with van der Waals surface area (Å²) in [5, 5.41) is 16.2. The summed E-state index contributed by atoms with van der Waals surface area (Å²) in [6.07, 6.45) is 3.56. The molecule has 1 fully saturated rings. The molecule has 0 saturated heterocycles. The predicted octanol–water partition coefficient (Wildman–Crippen LogP) is 3.03. The van der Waals surface area contributed by atoms with Crippen LogP contribution in [0.5, 0.6) is 11.5 Å². The van der Waals surface area contributed by atoms with Crippen LogP contribution in [0.3, 0.4) is 0 Å². The first-order valence-electron chi connectivity index (χ1n) is 10.3. The third-order valence-electron chi connectivity index (χ3n) is 5.62. The lowest BCUT2D eigenvalue weighted by atomic mass is 9.91. The second-order valence-electron chi connectivity index (χ2n) is 7.64. The van der Waals surface area contributed by atoms with Crippen molar-refractivity contribution in [2.24, 2.45) is 0 Å². The highest BCUT2D eigenvalue weighted by atomic mass is 16.6. The van der Waals surface area contributed by atoms with Crippen molar-refractivity contribution in [1.82, 2.24) is 25.5 Å². The molecule has 1 aliphatic heterocycles. The van der Waals surface area contributed by atoms with Gasteiger partial charge in [0.1, 0.15) is 13.2 Å². The number of hydrogen-bond acceptors (Lipinski definition) is 6. The lowest BCUT2D eigenvalue weighted by Crippen LogP contribution is -2.38. The van der Waals surface area contributed by atoms with E-state index in [0.29, 0.717) is 36.1 Å². The highest BCUT2D eigenvalue weighted by Gasteiger charge is 2.26. The van der Waals surface area contributed by atoms with Crippen LogP contribution in [0.1, 0.15) is 42.1 Å². The number of amides is 1. The van der Waals surface area contributed by atoms with Crippen LogP contribution in [-0.4, -0.2) is 45.4 Å². The molecule has 0 unspecified atom stereocenters. The van der Waals surface area contributed by atoms with Crippen LogP contribution < -0.4 is 14.8 Å². The molecule has 1 N–H and O–H groups in total. The molecular weight excluding hydrogens is 382 g/mol. The van der Waals surface area contributed by atoms with E-state index in [-0.39, 0.29) is 18.0 Å². The Kier molecular flexibility index (Phi) is 5.04. The third-order valence-corrected chi connectivity index (χ3v) is 5.62. The van der Waals surface area contributed by atoms with Gasteiger partial charge in [-0.3, -0.25) is 4.79 Å². The fourth-order valence-electron chi connectivity index (χ4n) is 3.99. The Morgan fingerprint density at radius 2 is 1.73 bits per heavy atom. The lowest BCUT2D eigenvalue weighted by molar-refractivity contribution is 0.0919. The van der Waals surface area contributed by atoms with E-state index in [1.165, 1.54) is 0 Å². The van der Waals surface area contributed by atoms with Gasteiger partial charge < -0.3 is 14.8 Å². The van der Waals surface area contributed by atoms with E-state index in [2.05, 4.69) is 20.7 Å². The van der Waals surface area contributed by atoms with E-state index < -0.39 is 0 Å². The van der Waals surface area contributed by atoms with E-state index in [4.69, 9.17) is 9.47 Å². The molecule has 0 spiro atoms. The minimum atomic E-state index is -0.0827. The number of nitrogens with zero attached hydrogens (tertiary/aromatic N) is 4. The second kappa shape index (κ2) is 8.14. The van der Waals surface area contributed by atoms with Crippen molar-refractivity contribution in [3.05, 3.63) is 54.1 Å². The number of aromatic nitrogens is 4.